The van der Waals surface area contributed by atoms with Gasteiger partial charge in [0.05, 0.1) is 0 Å². The third kappa shape index (κ3) is 8.83. The van der Waals surface area contributed by atoms with Crippen LogP contribution in [0, 0.1) is 0 Å². The van der Waals surface area contributed by atoms with E-state index in [4.69, 9.17) is 0 Å². The van der Waals surface area contributed by atoms with E-state index in [2.05, 4.69) is 0 Å². The Bertz CT molecular complexity index is 8.00. The zero-order valence-electron chi connectivity index (χ0n) is 0.802. The molecule has 0 rings (SSSR count). The first kappa shape index (κ1) is 32.1. The first-order chi connectivity index (χ1) is 0. The molecular formula is H8AgAlGaSe. The van der Waals surface area contributed by atoms with Crippen molar-refractivity contribution in [3.05, 3.63) is 0 Å². The second kappa shape index (κ2) is 18.1. The molecule has 1 radical (unpaired) electrons. The van der Waals surface area contributed by atoms with Crippen molar-refractivity contribution in [2.45, 2.75) is 0 Å². The maximum absolute atomic E-state index is 0. The van der Waals surface area contributed by atoms with E-state index >= 15 is 0 Å². The van der Waals surface area contributed by atoms with E-state index in [9.17, 15) is 0 Å². The molecule has 0 spiro atoms. The molecule has 0 aliphatic heterocycles. The Balaban J connectivity index is 0. The van der Waals surface area contributed by atoms with Crippen LogP contribution in [0.2, 0.25) is 0 Å². The second-order valence-corrected chi connectivity index (χ2v) is 0. The van der Waals surface area contributed by atoms with Crippen molar-refractivity contribution in [1.82, 2.24) is 0 Å². The molecule has 0 unspecified atom stereocenters. The Morgan fingerprint density at radius 2 is 1.00 bits per heavy atom. The third-order valence-corrected chi connectivity index (χ3v) is 0. The molecule has 0 aromatic rings. The fourth-order valence-electron chi connectivity index (χ4n) is 0. The molecule has 4 heavy (non-hydrogen) atoms. The van der Waals surface area contributed by atoms with Crippen molar-refractivity contribution in [3.63, 3.8) is 0 Å². The van der Waals surface area contributed by atoms with Crippen molar-refractivity contribution in [2.75, 3.05) is 0 Å². The molecule has 0 fully saturated rings. The van der Waals surface area contributed by atoms with Crippen LogP contribution in [0.15, 0.2) is 0 Å². The topological polar surface area (TPSA) is 0 Å². The van der Waals surface area contributed by atoms with Crippen LogP contribution in [0.1, 0.15) is 0 Å². The van der Waals surface area contributed by atoms with Gasteiger partial charge in [-0.1, -0.05) is 0 Å². The summed E-state index contributed by atoms with van der Waals surface area (Å²) in [6.45, 7) is 0. The van der Waals surface area contributed by atoms with Gasteiger partial charge in [-0.2, -0.15) is 0 Å². The van der Waals surface area contributed by atoms with Crippen LogP contribution in [0.3, 0.4) is 0 Å². The first-order valence-corrected chi connectivity index (χ1v) is 0. The minimum absolute atomic E-state index is 0. The molecule has 0 amide bonds. The molecule has 0 atom stereocenters. The van der Waals surface area contributed by atoms with Crippen molar-refractivity contribution in [1.29, 1.82) is 0 Å². The van der Waals surface area contributed by atoms with Crippen LogP contribution >= 0.6 is 0 Å². The monoisotopic (exact) mass is 291 g/mol. The van der Waals surface area contributed by atoms with Gasteiger partial charge in [0.15, 0.2) is 17.4 Å². The van der Waals surface area contributed by atoms with Crippen molar-refractivity contribution in [2.24, 2.45) is 0 Å². The molecule has 0 heterocycles. The molecule has 0 bridgehead atoms. The molecule has 0 aliphatic carbocycles. The van der Waals surface area contributed by atoms with Crippen LogP contribution in [-0.2, 0) is 22.4 Å². The van der Waals surface area contributed by atoms with Crippen LogP contribution < -0.4 is 0 Å². The summed E-state index contributed by atoms with van der Waals surface area (Å²) in [6, 6.07) is 0. The zero-order valence-corrected chi connectivity index (χ0v) is 4.38. The fraction of sp³-hybridized carbons (Fsp3) is 0. The summed E-state index contributed by atoms with van der Waals surface area (Å²) in [5, 5.41) is 0. The van der Waals surface area contributed by atoms with Crippen LogP contribution in [0.4, 0.5) is 0 Å². The average molecular weight is 292 g/mol. The molecule has 31 valence electrons. The van der Waals surface area contributed by atoms with Gasteiger partial charge in [0.2, 0.25) is 0 Å². The predicted molar refractivity (Wildman–Crippen MR) is 28.4 cm³/mol. The van der Waals surface area contributed by atoms with Gasteiger partial charge in [-0.3, -0.25) is 0 Å². The summed E-state index contributed by atoms with van der Waals surface area (Å²) >= 11 is 0. The quantitative estimate of drug-likeness (QED) is 0.411. The fourth-order valence-corrected chi connectivity index (χ4v) is 0. The summed E-state index contributed by atoms with van der Waals surface area (Å²) in [4.78, 5) is 0. The molecule has 0 N–H and O–H groups in total. The Hall–Kier alpha value is 2.43. The standard InChI is InChI=1S/Ag.Al.Ga.H2Se.6H/h;;;1H2;;;;;;. The molecule has 0 nitrogen and oxygen atoms in total. The summed E-state index contributed by atoms with van der Waals surface area (Å²) in [6.07, 6.45) is 0. The average Bonchev–Trinajstić information content (AvgIpc) is 0. The summed E-state index contributed by atoms with van der Waals surface area (Å²) in [7, 11) is 0. The van der Waals surface area contributed by atoms with E-state index < -0.39 is 0 Å². The normalized spacial score (nSPS) is 0. The van der Waals surface area contributed by atoms with E-state index in [1.54, 1.807) is 0 Å². The molecule has 0 aromatic heterocycles. The van der Waals surface area contributed by atoms with Crippen LogP contribution in [0.5, 0.6) is 0 Å². The summed E-state index contributed by atoms with van der Waals surface area (Å²) < 4.78 is 0. The number of rotatable bonds is 0. The van der Waals surface area contributed by atoms with Gasteiger partial charge in [-0.25, -0.2) is 0 Å². The van der Waals surface area contributed by atoms with Gasteiger partial charge in [0.25, 0.3) is 0 Å². The summed E-state index contributed by atoms with van der Waals surface area (Å²) in [5.41, 5.74) is 0. The SMILES string of the molecule is [Ag].[AlH3].[GaH3].[SeH2]. The van der Waals surface area contributed by atoms with E-state index in [0.717, 1.165) is 0 Å². The van der Waals surface area contributed by atoms with Gasteiger partial charge in [0.1, 0.15) is 0 Å². The second-order valence-electron chi connectivity index (χ2n) is 0. The molecule has 0 aromatic carbocycles. The predicted octanol–water partition coefficient (Wildman–Crippen LogP) is -3.29. The van der Waals surface area contributed by atoms with Crippen LogP contribution in [0.25, 0.3) is 0 Å². The molecule has 0 saturated carbocycles. The van der Waals surface area contributed by atoms with E-state index in [1.807, 2.05) is 0 Å². The van der Waals surface area contributed by atoms with E-state index in [1.165, 1.54) is 0 Å². The van der Waals surface area contributed by atoms with Crippen molar-refractivity contribution in [3.8, 4) is 0 Å². The Morgan fingerprint density at radius 1 is 1.00 bits per heavy atom. The van der Waals surface area contributed by atoms with E-state index in [-0.39, 0.29) is 76.6 Å². The third-order valence-electron chi connectivity index (χ3n) is 0. The molecule has 0 aliphatic rings. The van der Waals surface area contributed by atoms with Gasteiger partial charge < -0.3 is 0 Å². The Labute approximate surface area is 75.7 Å². The minimum atomic E-state index is 0. The van der Waals surface area contributed by atoms with Gasteiger partial charge in [-0.15, -0.1) is 0 Å². The zero-order chi connectivity index (χ0) is 0. The Morgan fingerprint density at radius 3 is 1.00 bits per heavy atom. The van der Waals surface area contributed by atoms with Gasteiger partial charge in [-0.05, 0) is 0 Å². The van der Waals surface area contributed by atoms with Gasteiger partial charge >= 0.3 is 36.9 Å². The summed E-state index contributed by atoms with van der Waals surface area (Å²) in [5.74, 6) is 0. The molecular weight excluding hydrogens is 284 g/mol. The number of hydrogen-bond acceptors (Lipinski definition) is 0. The Kier molecular flexibility index (Phi) is 145. The first-order valence-electron chi connectivity index (χ1n) is 0. The van der Waals surface area contributed by atoms with Crippen molar-refractivity contribution >= 4 is 54.2 Å². The van der Waals surface area contributed by atoms with E-state index in [0.29, 0.717) is 0 Å². The van der Waals surface area contributed by atoms with Crippen molar-refractivity contribution < 1.29 is 22.4 Å². The van der Waals surface area contributed by atoms with Gasteiger partial charge in [0, 0.05) is 22.4 Å². The molecule has 4 heteroatoms. The molecule has 0 saturated heterocycles. The number of hydrogen-bond donors (Lipinski definition) is 0. The maximum atomic E-state index is 0. The van der Waals surface area contributed by atoms with Crippen LogP contribution in [-0.4, -0.2) is 54.2 Å².